The van der Waals surface area contributed by atoms with Crippen molar-refractivity contribution >= 4 is 11.6 Å². The van der Waals surface area contributed by atoms with E-state index in [0.29, 0.717) is 23.7 Å². The molecule has 2 heterocycles. The number of nitrogens with one attached hydrogen (secondary N) is 1. The van der Waals surface area contributed by atoms with Crippen molar-refractivity contribution in [2.75, 3.05) is 11.9 Å². The Hall–Kier alpha value is -3.29. The Morgan fingerprint density at radius 1 is 1.25 bits per heavy atom. The molecule has 0 saturated heterocycles. The summed E-state index contributed by atoms with van der Waals surface area (Å²) in [6, 6.07) is 7.21. The van der Waals surface area contributed by atoms with E-state index in [1.165, 1.54) is 12.4 Å². The molecule has 0 unspecified atom stereocenters. The van der Waals surface area contributed by atoms with Crippen LogP contribution in [0.3, 0.4) is 0 Å². The molecule has 122 valence electrons. The monoisotopic (exact) mass is 325 g/mol. The first kappa shape index (κ1) is 15.6. The van der Waals surface area contributed by atoms with Crippen LogP contribution >= 0.6 is 0 Å². The molecule has 0 aliphatic rings. The van der Waals surface area contributed by atoms with E-state index in [2.05, 4.69) is 25.5 Å². The molecule has 0 bridgehead atoms. The predicted molar refractivity (Wildman–Crippen MR) is 85.3 cm³/mol. The number of nitrogens with zero attached hydrogens (tertiary/aromatic N) is 4. The van der Waals surface area contributed by atoms with Gasteiger partial charge in [0.1, 0.15) is 17.9 Å². The Bertz CT molecular complexity index is 819. The lowest BCUT2D eigenvalue weighted by Gasteiger charge is -2.10. The first-order valence-electron chi connectivity index (χ1n) is 7.36. The first-order chi connectivity index (χ1) is 11.8. The van der Waals surface area contributed by atoms with Crippen LogP contribution in [0, 0.1) is 0 Å². The van der Waals surface area contributed by atoms with Crippen LogP contribution in [-0.2, 0) is 11.2 Å². The molecule has 8 nitrogen and oxygen atoms in total. The number of para-hydroxylation sites is 2. The number of hydrogen-bond donors (Lipinski definition) is 1. The molecule has 1 N–H and O–H groups in total. The molecule has 0 atom stereocenters. The van der Waals surface area contributed by atoms with Crippen molar-refractivity contribution in [3.63, 3.8) is 0 Å². The topological polar surface area (TPSA) is 103 Å². The predicted octanol–water partition coefficient (Wildman–Crippen LogP) is 2.11. The molecule has 0 fully saturated rings. The second-order valence-electron chi connectivity index (χ2n) is 4.75. The molecule has 0 saturated carbocycles. The van der Waals surface area contributed by atoms with Gasteiger partial charge in [-0.3, -0.25) is 9.78 Å². The van der Waals surface area contributed by atoms with Crippen LogP contribution in [-0.4, -0.2) is 32.7 Å². The number of anilines is 1. The minimum Gasteiger partial charge on any atom is -0.492 e. The zero-order valence-corrected chi connectivity index (χ0v) is 13.0. The third-order valence-corrected chi connectivity index (χ3v) is 3.02. The summed E-state index contributed by atoms with van der Waals surface area (Å²) < 4.78 is 10.9. The minimum atomic E-state index is -0.281. The van der Waals surface area contributed by atoms with Crippen molar-refractivity contribution in [3.05, 3.63) is 48.7 Å². The Morgan fingerprint density at radius 2 is 2.12 bits per heavy atom. The van der Waals surface area contributed by atoms with Crippen molar-refractivity contribution in [2.45, 2.75) is 13.3 Å². The van der Waals surface area contributed by atoms with Gasteiger partial charge in [0.25, 0.3) is 5.89 Å². The van der Waals surface area contributed by atoms with Crippen molar-refractivity contribution in [2.24, 2.45) is 0 Å². The molecule has 2 aromatic heterocycles. The quantitative estimate of drug-likeness (QED) is 0.740. The van der Waals surface area contributed by atoms with Gasteiger partial charge in [0.2, 0.25) is 11.8 Å². The van der Waals surface area contributed by atoms with E-state index < -0.39 is 0 Å². The van der Waals surface area contributed by atoms with Gasteiger partial charge in [0.15, 0.2) is 0 Å². The lowest BCUT2D eigenvalue weighted by atomic mass is 10.2. The number of hydrogen-bond acceptors (Lipinski definition) is 7. The molecular formula is C16H15N5O3. The van der Waals surface area contributed by atoms with E-state index in [0.717, 1.165) is 0 Å². The van der Waals surface area contributed by atoms with Crippen molar-refractivity contribution in [1.29, 1.82) is 0 Å². The number of amides is 1. The summed E-state index contributed by atoms with van der Waals surface area (Å²) in [6.07, 6.45) is 4.53. The van der Waals surface area contributed by atoms with E-state index in [9.17, 15) is 4.79 Å². The number of carbonyl (C=O) groups excluding carboxylic acids is 1. The van der Waals surface area contributed by atoms with Gasteiger partial charge >= 0.3 is 0 Å². The van der Waals surface area contributed by atoms with Crippen LogP contribution in [0.15, 0.2) is 47.3 Å². The molecule has 24 heavy (non-hydrogen) atoms. The molecule has 3 rings (SSSR count). The summed E-state index contributed by atoms with van der Waals surface area (Å²) in [5.74, 6) is 0.748. The third-order valence-electron chi connectivity index (χ3n) is 3.02. The second kappa shape index (κ2) is 7.32. The van der Waals surface area contributed by atoms with E-state index in [1.807, 2.05) is 19.1 Å². The van der Waals surface area contributed by atoms with Crippen LogP contribution in [0.25, 0.3) is 11.6 Å². The third kappa shape index (κ3) is 3.72. The van der Waals surface area contributed by atoms with Crippen molar-refractivity contribution in [3.8, 4) is 17.3 Å². The SMILES string of the molecule is CCOc1ccccc1NC(=O)Cc1nnc(-c2cnccn2)o1. The highest BCUT2D eigenvalue weighted by Crippen LogP contribution is 2.24. The smallest absolute Gasteiger partial charge is 0.267 e. The van der Waals surface area contributed by atoms with Gasteiger partial charge < -0.3 is 14.5 Å². The van der Waals surface area contributed by atoms with Gasteiger partial charge in [0.05, 0.1) is 18.5 Å². The molecule has 0 aliphatic heterocycles. The maximum Gasteiger partial charge on any atom is 0.267 e. The van der Waals surface area contributed by atoms with Gasteiger partial charge in [-0.1, -0.05) is 12.1 Å². The summed E-state index contributed by atoms with van der Waals surface area (Å²) in [5, 5.41) is 10.5. The molecule has 1 amide bonds. The molecule has 0 aliphatic carbocycles. The van der Waals surface area contributed by atoms with Gasteiger partial charge in [-0.15, -0.1) is 10.2 Å². The van der Waals surface area contributed by atoms with E-state index in [4.69, 9.17) is 9.15 Å². The Morgan fingerprint density at radius 3 is 2.92 bits per heavy atom. The lowest BCUT2D eigenvalue weighted by Crippen LogP contribution is -2.15. The number of benzene rings is 1. The molecule has 8 heteroatoms. The fourth-order valence-electron chi connectivity index (χ4n) is 2.02. The highest BCUT2D eigenvalue weighted by molar-refractivity contribution is 5.93. The van der Waals surface area contributed by atoms with Crippen LogP contribution in [0.4, 0.5) is 5.69 Å². The Balaban J connectivity index is 1.67. The Labute approximate surface area is 137 Å². The summed E-state index contributed by atoms with van der Waals surface area (Å²) in [5.41, 5.74) is 1.05. The minimum absolute atomic E-state index is 0.0479. The fourth-order valence-corrected chi connectivity index (χ4v) is 2.02. The fraction of sp³-hybridized carbons (Fsp3) is 0.188. The standard InChI is InChI=1S/C16H15N5O3/c1-2-23-13-6-4-3-5-11(13)19-14(22)9-15-20-21-16(24-15)12-10-17-7-8-18-12/h3-8,10H,2,9H2,1H3,(H,19,22). The van der Waals surface area contributed by atoms with Gasteiger partial charge in [-0.2, -0.15) is 0 Å². The molecule has 1 aromatic carbocycles. The number of rotatable bonds is 6. The highest BCUT2D eigenvalue weighted by atomic mass is 16.5. The van der Waals surface area contributed by atoms with E-state index in [-0.39, 0.29) is 24.1 Å². The summed E-state index contributed by atoms with van der Waals surface area (Å²) in [4.78, 5) is 20.2. The average molecular weight is 325 g/mol. The van der Waals surface area contributed by atoms with Gasteiger partial charge in [-0.05, 0) is 19.1 Å². The number of ether oxygens (including phenoxy) is 1. The summed E-state index contributed by atoms with van der Waals surface area (Å²) in [7, 11) is 0. The normalized spacial score (nSPS) is 10.4. The van der Waals surface area contributed by atoms with Crippen LogP contribution in [0.2, 0.25) is 0 Å². The van der Waals surface area contributed by atoms with E-state index in [1.54, 1.807) is 18.3 Å². The largest absolute Gasteiger partial charge is 0.492 e. The van der Waals surface area contributed by atoms with Crippen LogP contribution in [0.5, 0.6) is 5.75 Å². The summed E-state index contributed by atoms with van der Waals surface area (Å²) in [6.45, 7) is 2.39. The molecule has 3 aromatic rings. The maximum absolute atomic E-state index is 12.2. The van der Waals surface area contributed by atoms with Gasteiger partial charge in [-0.25, -0.2) is 4.98 Å². The zero-order chi connectivity index (χ0) is 16.8. The molecule has 0 spiro atoms. The number of carbonyl (C=O) groups is 1. The van der Waals surface area contributed by atoms with Crippen LogP contribution < -0.4 is 10.1 Å². The number of aromatic nitrogens is 4. The lowest BCUT2D eigenvalue weighted by molar-refractivity contribution is -0.115. The first-order valence-corrected chi connectivity index (χ1v) is 7.36. The molecule has 0 radical (unpaired) electrons. The van der Waals surface area contributed by atoms with Crippen LogP contribution in [0.1, 0.15) is 12.8 Å². The van der Waals surface area contributed by atoms with E-state index >= 15 is 0 Å². The zero-order valence-electron chi connectivity index (χ0n) is 13.0. The second-order valence-corrected chi connectivity index (χ2v) is 4.75. The van der Waals surface area contributed by atoms with Gasteiger partial charge in [0, 0.05) is 12.4 Å². The maximum atomic E-state index is 12.2. The molecular weight excluding hydrogens is 310 g/mol. The van der Waals surface area contributed by atoms with Crippen molar-refractivity contribution < 1.29 is 13.9 Å². The van der Waals surface area contributed by atoms with Crippen molar-refractivity contribution in [1.82, 2.24) is 20.2 Å². The average Bonchev–Trinajstić information content (AvgIpc) is 3.06. The highest BCUT2D eigenvalue weighted by Gasteiger charge is 2.14. The Kier molecular flexibility index (Phi) is 4.76. The summed E-state index contributed by atoms with van der Waals surface area (Å²) >= 11 is 0.